The number of pyridine rings is 1. The number of ether oxygens (including phenoxy) is 1. The van der Waals surface area contributed by atoms with Gasteiger partial charge in [0.15, 0.2) is 15.6 Å². The van der Waals surface area contributed by atoms with E-state index in [0.29, 0.717) is 27.3 Å². The number of benzene rings is 1. The first-order valence-corrected chi connectivity index (χ1v) is 12.0. The van der Waals surface area contributed by atoms with Gasteiger partial charge in [0.2, 0.25) is 0 Å². The van der Waals surface area contributed by atoms with Gasteiger partial charge in [0, 0.05) is 12.4 Å². The van der Waals surface area contributed by atoms with Gasteiger partial charge in [-0.1, -0.05) is 35.3 Å². The number of nitrogens with one attached hydrogen (secondary N) is 1. The number of nitrogens with zero attached hydrogens (tertiary/aromatic N) is 2. The van der Waals surface area contributed by atoms with Crippen molar-refractivity contribution in [3.63, 3.8) is 0 Å². The van der Waals surface area contributed by atoms with Crippen molar-refractivity contribution >= 4 is 55.9 Å². The van der Waals surface area contributed by atoms with Crippen LogP contribution in [0.3, 0.4) is 0 Å². The van der Waals surface area contributed by atoms with Crippen LogP contribution >= 0.6 is 23.2 Å². The van der Waals surface area contributed by atoms with Gasteiger partial charge < -0.3 is 19.7 Å². The summed E-state index contributed by atoms with van der Waals surface area (Å²) in [5.41, 5.74) is 1.72. The molecule has 2 heterocycles. The summed E-state index contributed by atoms with van der Waals surface area (Å²) in [6, 6.07) is 6.24. The number of hydrogen-bond acceptors (Lipinski definition) is 7. The zero-order valence-electron chi connectivity index (χ0n) is 17.9. The van der Waals surface area contributed by atoms with E-state index in [4.69, 9.17) is 23.2 Å². The summed E-state index contributed by atoms with van der Waals surface area (Å²) in [6.07, 6.45) is 0. The summed E-state index contributed by atoms with van der Waals surface area (Å²) >= 11 is 12.5. The largest absolute Gasteiger partial charge is 0.468 e. The first kappa shape index (κ1) is 25.0. The molecule has 176 valence electrons. The van der Waals surface area contributed by atoms with E-state index in [1.165, 1.54) is 24.3 Å². The van der Waals surface area contributed by atoms with E-state index in [1.54, 1.807) is 24.6 Å². The molecule has 1 amide bonds. The van der Waals surface area contributed by atoms with E-state index in [1.807, 2.05) is 0 Å². The third kappa shape index (κ3) is 4.98. The highest BCUT2D eigenvalue weighted by Gasteiger charge is 2.23. The summed E-state index contributed by atoms with van der Waals surface area (Å²) in [5, 5.41) is 13.6. The second-order valence-electron chi connectivity index (χ2n) is 7.26. The number of esters is 1. The number of sulfone groups is 1. The lowest BCUT2D eigenvalue weighted by molar-refractivity contribution is -0.137. The highest BCUT2D eigenvalue weighted by molar-refractivity contribution is 7.92. The number of carbonyl (C=O) groups is 2. The van der Waals surface area contributed by atoms with Crippen LogP contribution in [-0.2, 0) is 26.4 Å². The summed E-state index contributed by atoms with van der Waals surface area (Å²) in [6.45, 7) is 1.27. The van der Waals surface area contributed by atoms with Gasteiger partial charge in [0.25, 0.3) is 5.91 Å². The topological polar surface area (TPSA) is 128 Å². The molecule has 2 N–H and O–H groups in total. The molecule has 0 aliphatic carbocycles. The van der Waals surface area contributed by atoms with Crippen LogP contribution in [0.4, 0.5) is 0 Å². The molecule has 1 atom stereocenters. The Morgan fingerprint density at radius 2 is 1.85 bits per heavy atom. The molecule has 0 spiro atoms. The number of methoxy groups -OCH3 is 1. The van der Waals surface area contributed by atoms with Crippen LogP contribution in [0.2, 0.25) is 10.0 Å². The molecule has 0 aliphatic heterocycles. The van der Waals surface area contributed by atoms with Crippen molar-refractivity contribution in [1.29, 1.82) is 0 Å². The lowest BCUT2D eigenvalue weighted by atomic mass is 10.1. The molecule has 0 bridgehead atoms. The minimum atomic E-state index is -3.88. The number of fused-ring (bicyclic) bond motifs is 1. The molecule has 0 saturated carbocycles. The summed E-state index contributed by atoms with van der Waals surface area (Å²) in [7, 11) is -1.12. The van der Waals surface area contributed by atoms with Crippen molar-refractivity contribution in [2.24, 2.45) is 7.05 Å². The fourth-order valence-electron chi connectivity index (χ4n) is 3.26. The van der Waals surface area contributed by atoms with Crippen LogP contribution in [0, 0.1) is 6.92 Å². The summed E-state index contributed by atoms with van der Waals surface area (Å²) < 4.78 is 30.5. The van der Waals surface area contributed by atoms with Crippen LogP contribution in [0.15, 0.2) is 35.2 Å². The molecule has 0 saturated heterocycles. The number of aliphatic hydroxyl groups excluding tert-OH is 1. The van der Waals surface area contributed by atoms with Gasteiger partial charge >= 0.3 is 5.97 Å². The Kier molecular flexibility index (Phi) is 7.32. The average molecular weight is 514 g/mol. The Hall–Kier alpha value is -2.66. The Morgan fingerprint density at radius 1 is 1.21 bits per heavy atom. The number of hydrogen-bond donors (Lipinski definition) is 2. The maximum atomic E-state index is 12.9. The standard InChI is InChI=1S/C21H21Cl2N3O6S/c1-11-18(22)19(23)14-8-16(26(2)20(14)24-11)21(29)25-15(9-27)12-4-6-13(7-5-12)33(30,31)10-17(28)32-3/h4-8,15,27H,9-10H2,1-3H3,(H,25,29). The van der Waals surface area contributed by atoms with Gasteiger partial charge in [0.1, 0.15) is 11.3 Å². The zero-order valence-corrected chi connectivity index (χ0v) is 20.3. The number of aliphatic hydroxyl groups is 1. The second kappa shape index (κ2) is 9.68. The molecular weight excluding hydrogens is 493 g/mol. The van der Waals surface area contributed by atoms with Gasteiger partial charge in [0.05, 0.1) is 40.4 Å². The molecule has 0 fully saturated rings. The first-order chi connectivity index (χ1) is 15.5. The van der Waals surface area contributed by atoms with Gasteiger partial charge in [-0.25, -0.2) is 13.4 Å². The van der Waals surface area contributed by atoms with Gasteiger partial charge in [-0.05, 0) is 30.7 Å². The third-order valence-corrected chi connectivity index (χ3v) is 7.68. The molecular formula is C21H21Cl2N3O6S. The smallest absolute Gasteiger partial charge is 0.321 e. The van der Waals surface area contributed by atoms with Crippen molar-refractivity contribution in [2.45, 2.75) is 17.9 Å². The van der Waals surface area contributed by atoms with E-state index in [0.717, 1.165) is 7.11 Å². The van der Waals surface area contributed by atoms with Crippen molar-refractivity contribution in [3.8, 4) is 0 Å². The van der Waals surface area contributed by atoms with Crippen LogP contribution in [-0.4, -0.2) is 54.4 Å². The molecule has 2 aromatic heterocycles. The average Bonchev–Trinajstić information content (AvgIpc) is 3.12. The summed E-state index contributed by atoms with van der Waals surface area (Å²) in [4.78, 5) is 28.6. The Bertz CT molecular complexity index is 1340. The van der Waals surface area contributed by atoms with E-state index in [9.17, 15) is 23.1 Å². The van der Waals surface area contributed by atoms with Crippen LogP contribution in [0.1, 0.15) is 27.8 Å². The molecule has 33 heavy (non-hydrogen) atoms. The molecule has 3 aromatic rings. The number of aryl methyl sites for hydroxylation is 2. The summed E-state index contributed by atoms with van der Waals surface area (Å²) in [5.74, 6) is -2.16. The maximum absolute atomic E-state index is 12.9. The van der Waals surface area contributed by atoms with Crippen LogP contribution < -0.4 is 5.32 Å². The number of rotatable bonds is 7. The Balaban J connectivity index is 1.85. The fraction of sp³-hybridized carbons (Fsp3) is 0.286. The lowest BCUT2D eigenvalue weighted by Crippen LogP contribution is -2.32. The minimum Gasteiger partial charge on any atom is -0.468 e. The normalized spacial score (nSPS) is 12.5. The molecule has 3 rings (SSSR count). The molecule has 0 aliphatic rings. The number of halogens is 2. The predicted octanol–water partition coefficient (Wildman–Crippen LogP) is 2.60. The fourth-order valence-corrected chi connectivity index (χ4v) is 4.83. The van der Waals surface area contributed by atoms with Gasteiger partial charge in [-0.2, -0.15) is 0 Å². The molecule has 12 heteroatoms. The molecule has 9 nitrogen and oxygen atoms in total. The number of aromatic nitrogens is 2. The highest BCUT2D eigenvalue weighted by atomic mass is 35.5. The first-order valence-electron chi connectivity index (χ1n) is 9.62. The lowest BCUT2D eigenvalue weighted by Gasteiger charge is -2.17. The minimum absolute atomic E-state index is 0.0821. The third-order valence-electron chi connectivity index (χ3n) is 5.12. The SMILES string of the molecule is COC(=O)CS(=O)(=O)c1ccc(C(CO)NC(=O)c2cc3c(Cl)c(Cl)c(C)nc3n2C)cc1. The molecule has 1 unspecified atom stereocenters. The van der Waals surface area contributed by atoms with Gasteiger partial charge in [-0.15, -0.1) is 0 Å². The van der Waals surface area contributed by atoms with Crippen molar-refractivity contribution in [3.05, 3.63) is 57.3 Å². The quantitative estimate of drug-likeness (QED) is 0.464. The Labute approximate surface area is 200 Å². The van der Waals surface area contributed by atoms with Crippen molar-refractivity contribution in [1.82, 2.24) is 14.9 Å². The molecule has 1 aromatic carbocycles. The zero-order chi connectivity index (χ0) is 24.5. The van der Waals surface area contributed by atoms with Crippen LogP contribution in [0.25, 0.3) is 11.0 Å². The van der Waals surface area contributed by atoms with E-state index >= 15 is 0 Å². The maximum Gasteiger partial charge on any atom is 0.321 e. The van der Waals surface area contributed by atoms with Crippen LogP contribution in [0.5, 0.6) is 0 Å². The number of amides is 1. The van der Waals surface area contributed by atoms with Crippen molar-refractivity contribution in [2.75, 3.05) is 19.5 Å². The van der Waals surface area contributed by atoms with E-state index in [2.05, 4.69) is 15.0 Å². The highest BCUT2D eigenvalue weighted by Crippen LogP contribution is 2.33. The van der Waals surface area contributed by atoms with Crippen molar-refractivity contribution < 1.29 is 27.9 Å². The number of carbonyl (C=O) groups excluding carboxylic acids is 2. The van der Waals surface area contributed by atoms with Gasteiger partial charge in [-0.3, -0.25) is 9.59 Å². The Morgan fingerprint density at radius 3 is 2.42 bits per heavy atom. The van der Waals surface area contributed by atoms with E-state index < -0.39 is 40.1 Å². The monoisotopic (exact) mass is 513 g/mol. The predicted molar refractivity (Wildman–Crippen MR) is 123 cm³/mol. The molecule has 0 radical (unpaired) electrons. The van der Waals surface area contributed by atoms with E-state index in [-0.39, 0.29) is 15.6 Å². The second-order valence-corrected chi connectivity index (χ2v) is 10.0.